The van der Waals surface area contributed by atoms with E-state index in [9.17, 15) is 4.79 Å². The van der Waals surface area contributed by atoms with Crippen molar-refractivity contribution in [2.75, 3.05) is 6.54 Å². The van der Waals surface area contributed by atoms with Gasteiger partial charge in [-0.25, -0.2) is 4.98 Å². The second-order valence-corrected chi connectivity index (χ2v) is 4.84. The number of carbonyl (C=O) groups excluding carboxylic acids is 1. The minimum atomic E-state index is 0.00579. The molecule has 3 rings (SSSR count). The molecule has 1 heterocycles. The topological polar surface area (TPSA) is 46.3 Å². The van der Waals surface area contributed by atoms with Crippen molar-refractivity contribution in [2.24, 2.45) is 0 Å². The number of nitrogens with zero attached hydrogens (tertiary/aromatic N) is 2. The van der Waals surface area contributed by atoms with Gasteiger partial charge in [0.1, 0.15) is 5.52 Å². The van der Waals surface area contributed by atoms with Gasteiger partial charge in [-0.1, -0.05) is 30.3 Å². The van der Waals surface area contributed by atoms with Crippen LogP contribution in [0.5, 0.6) is 0 Å². The van der Waals surface area contributed by atoms with Gasteiger partial charge in [0.2, 0.25) is 0 Å². The van der Waals surface area contributed by atoms with Gasteiger partial charge in [-0.3, -0.25) is 4.79 Å². The summed E-state index contributed by atoms with van der Waals surface area (Å²) in [4.78, 5) is 18.5. The van der Waals surface area contributed by atoms with E-state index in [0.29, 0.717) is 29.8 Å². The van der Waals surface area contributed by atoms with Crippen molar-refractivity contribution in [1.82, 2.24) is 9.88 Å². The Morgan fingerprint density at radius 2 is 2.00 bits per heavy atom. The summed E-state index contributed by atoms with van der Waals surface area (Å²) in [6.07, 6.45) is 1.39. The molecule has 4 nitrogen and oxygen atoms in total. The molecule has 0 fully saturated rings. The molecule has 106 valence electrons. The van der Waals surface area contributed by atoms with Gasteiger partial charge in [-0.05, 0) is 30.7 Å². The third kappa shape index (κ3) is 2.79. The van der Waals surface area contributed by atoms with E-state index in [-0.39, 0.29) is 5.91 Å². The van der Waals surface area contributed by atoms with Gasteiger partial charge in [0.25, 0.3) is 5.91 Å². The van der Waals surface area contributed by atoms with Gasteiger partial charge in [-0.15, -0.1) is 0 Å². The molecule has 1 amide bonds. The van der Waals surface area contributed by atoms with E-state index in [1.165, 1.54) is 6.39 Å². The molecular formula is C17H16N2O2. The zero-order chi connectivity index (χ0) is 14.7. The highest BCUT2D eigenvalue weighted by Crippen LogP contribution is 2.16. The minimum absolute atomic E-state index is 0.00579. The molecule has 0 saturated heterocycles. The molecular weight excluding hydrogens is 264 g/mol. The molecule has 0 saturated carbocycles. The maximum absolute atomic E-state index is 12.6. The molecule has 0 spiro atoms. The molecule has 0 unspecified atom stereocenters. The first-order chi connectivity index (χ1) is 10.3. The molecule has 4 heteroatoms. The third-order valence-electron chi connectivity index (χ3n) is 3.46. The van der Waals surface area contributed by atoms with Gasteiger partial charge >= 0.3 is 0 Å². The van der Waals surface area contributed by atoms with Crippen molar-refractivity contribution in [2.45, 2.75) is 13.5 Å². The molecule has 0 N–H and O–H groups in total. The first kappa shape index (κ1) is 13.4. The van der Waals surface area contributed by atoms with Gasteiger partial charge in [0, 0.05) is 18.7 Å². The summed E-state index contributed by atoms with van der Waals surface area (Å²) in [6.45, 7) is 3.24. The SMILES string of the molecule is CCN(Cc1ccccc1)C(=O)c1ccc2ocnc2c1. The van der Waals surface area contributed by atoms with Crippen LogP contribution in [0.3, 0.4) is 0 Å². The lowest BCUT2D eigenvalue weighted by molar-refractivity contribution is 0.0752. The van der Waals surface area contributed by atoms with Crippen LogP contribution >= 0.6 is 0 Å². The average Bonchev–Trinajstić information content (AvgIpc) is 3.00. The molecule has 0 aliphatic carbocycles. The Morgan fingerprint density at radius 1 is 1.19 bits per heavy atom. The predicted octanol–water partition coefficient (Wildman–Crippen LogP) is 3.49. The van der Waals surface area contributed by atoms with Crippen LogP contribution in [0.2, 0.25) is 0 Å². The first-order valence-corrected chi connectivity index (χ1v) is 6.94. The van der Waals surface area contributed by atoms with E-state index >= 15 is 0 Å². The van der Waals surface area contributed by atoms with Crippen LogP contribution in [0.15, 0.2) is 59.3 Å². The van der Waals surface area contributed by atoms with Crippen LogP contribution in [0, 0.1) is 0 Å². The van der Waals surface area contributed by atoms with Crippen molar-refractivity contribution in [3.63, 3.8) is 0 Å². The molecule has 21 heavy (non-hydrogen) atoms. The first-order valence-electron chi connectivity index (χ1n) is 6.94. The number of aromatic nitrogens is 1. The second kappa shape index (κ2) is 5.79. The highest BCUT2D eigenvalue weighted by atomic mass is 16.3. The Kier molecular flexibility index (Phi) is 3.69. The van der Waals surface area contributed by atoms with Crippen LogP contribution in [-0.2, 0) is 6.54 Å². The number of oxazole rings is 1. The van der Waals surface area contributed by atoms with Crippen LogP contribution in [0.1, 0.15) is 22.8 Å². The number of fused-ring (bicyclic) bond motifs is 1. The Hall–Kier alpha value is -2.62. The van der Waals surface area contributed by atoms with Gasteiger partial charge in [-0.2, -0.15) is 0 Å². The molecule has 0 aliphatic rings. The Morgan fingerprint density at radius 3 is 2.76 bits per heavy atom. The lowest BCUT2D eigenvalue weighted by Crippen LogP contribution is -2.30. The number of rotatable bonds is 4. The maximum Gasteiger partial charge on any atom is 0.254 e. The van der Waals surface area contributed by atoms with Gasteiger partial charge in [0.15, 0.2) is 12.0 Å². The average molecular weight is 280 g/mol. The lowest BCUT2D eigenvalue weighted by Gasteiger charge is -2.21. The number of carbonyl (C=O) groups is 1. The number of amides is 1. The summed E-state index contributed by atoms with van der Waals surface area (Å²) in [5.41, 5.74) is 3.15. The summed E-state index contributed by atoms with van der Waals surface area (Å²) in [6, 6.07) is 15.3. The van der Waals surface area contributed by atoms with Gasteiger partial charge < -0.3 is 9.32 Å². The van der Waals surface area contributed by atoms with Crippen LogP contribution in [0.4, 0.5) is 0 Å². The Balaban J connectivity index is 1.84. The van der Waals surface area contributed by atoms with E-state index in [2.05, 4.69) is 4.98 Å². The fourth-order valence-corrected chi connectivity index (χ4v) is 2.30. The maximum atomic E-state index is 12.6. The minimum Gasteiger partial charge on any atom is -0.443 e. The molecule has 1 aromatic heterocycles. The normalized spacial score (nSPS) is 10.7. The molecule has 0 radical (unpaired) electrons. The summed E-state index contributed by atoms with van der Waals surface area (Å²) in [7, 11) is 0. The van der Waals surface area contributed by atoms with Crippen LogP contribution in [-0.4, -0.2) is 22.3 Å². The van der Waals surface area contributed by atoms with Crippen molar-refractivity contribution in [1.29, 1.82) is 0 Å². The highest BCUT2D eigenvalue weighted by Gasteiger charge is 2.15. The van der Waals surface area contributed by atoms with E-state index in [4.69, 9.17) is 4.42 Å². The highest BCUT2D eigenvalue weighted by molar-refractivity contribution is 5.97. The second-order valence-electron chi connectivity index (χ2n) is 4.84. The fourth-order valence-electron chi connectivity index (χ4n) is 2.30. The van der Waals surface area contributed by atoms with Crippen molar-refractivity contribution >= 4 is 17.0 Å². The summed E-state index contributed by atoms with van der Waals surface area (Å²) >= 11 is 0. The number of hydrogen-bond acceptors (Lipinski definition) is 3. The van der Waals surface area contributed by atoms with E-state index < -0.39 is 0 Å². The molecule has 0 bridgehead atoms. The van der Waals surface area contributed by atoms with Gasteiger partial charge in [0.05, 0.1) is 0 Å². The summed E-state index contributed by atoms with van der Waals surface area (Å²) in [5, 5.41) is 0. The molecule has 0 aliphatic heterocycles. The van der Waals surface area contributed by atoms with E-state index in [1.807, 2.05) is 42.2 Å². The summed E-state index contributed by atoms with van der Waals surface area (Å²) < 4.78 is 5.20. The molecule has 3 aromatic rings. The molecule has 2 aromatic carbocycles. The third-order valence-corrected chi connectivity index (χ3v) is 3.46. The summed E-state index contributed by atoms with van der Waals surface area (Å²) in [5.74, 6) is 0.00579. The number of benzene rings is 2. The van der Waals surface area contributed by atoms with Crippen molar-refractivity contribution < 1.29 is 9.21 Å². The van der Waals surface area contributed by atoms with Crippen molar-refractivity contribution in [3.8, 4) is 0 Å². The largest absolute Gasteiger partial charge is 0.443 e. The van der Waals surface area contributed by atoms with E-state index in [1.54, 1.807) is 18.2 Å². The number of hydrogen-bond donors (Lipinski definition) is 0. The lowest BCUT2D eigenvalue weighted by atomic mass is 10.1. The quantitative estimate of drug-likeness (QED) is 0.735. The van der Waals surface area contributed by atoms with E-state index in [0.717, 1.165) is 5.56 Å². The Labute approximate surface area is 123 Å². The smallest absolute Gasteiger partial charge is 0.254 e. The zero-order valence-electron chi connectivity index (χ0n) is 11.8. The fraction of sp³-hybridized carbons (Fsp3) is 0.176. The molecule has 0 atom stereocenters. The monoisotopic (exact) mass is 280 g/mol. The Bertz CT molecular complexity index is 750. The van der Waals surface area contributed by atoms with Crippen LogP contribution in [0.25, 0.3) is 11.1 Å². The zero-order valence-corrected chi connectivity index (χ0v) is 11.8. The van der Waals surface area contributed by atoms with Crippen molar-refractivity contribution in [3.05, 3.63) is 66.1 Å². The standard InChI is InChI=1S/C17H16N2O2/c1-2-19(11-13-6-4-3-5-7-13)17(20)14-8-9-16-15(10-14)18-12-21-16/h3-10,12H,2,11H2,1H3. The predicted molar refractivity (Wildman–Crippen MR) is 80.9 cm³/mol. The van der Waals surface area contributed by atoms with Crippen LogP contribution < -0.4 is 0 Å².